The molecule has 2 aromatic carbocycles. The fourth-order valence-corrected chi connectivity index (χ4v) is 3.67. The Hall–Kier alpha value is -1.76. The molecule has 0 radical (unpaired) electrons. The van der Waals surface area contributed by atoms with Gasteiger partial charge in [0.2, 0.25) is 0 Å². The molecule has 1 aliphatic heterocycles. The first-order valence-electron chi connectivity index (χ1n) is 8.17. The molecule has 2 aromatic rings. The average molecular weight is 293 g/mol. The Morgan fingerprint density at radius 3 is 2.23 bits per heavy atom. The Kier molecular flexibility index (Phi) is 3.36. The van der Waals surface area contributed by atoms with E-state index in [1.54, 1.807) is 0 Å². The van der Waals surface area contributed by atoms with Crippen LogP contribution in [0.1, 0.15) is 51.3 Å². The zero-order valence-electron chi connectivity index (χ0n) is 14.7. The van der Waals surface area contributed by atoms with E-state index in [4.69, 9.17) is 0 Å². The molecule has 1 nitrogen and oxygen atoms in total. The molecule has 1 heteroatoms. The molecule has 0 aliphatic carbocycles. The lowest BCUT2D eigenvalue weighted by Gasteiger charge is -2.40. The van der Waals surface area contributed by atoms with Crippen molar-refractivity contribution in [3.63, 3.8) is 0 Å². The van der Waals surface area contributed by atoms with Crippen molar-refractivity contribution in [3.05, 3.63) is 59.2 Å². The van der Waals surface area contributed by atoms with Gasteiger partial charge in [-0.1, -0.05) is 65.0 Å². The summed E-state index contributed by atoms with van der Waals surface area (Å²) in [4.78, 5) is 2.33. The predicted molar refractivity (Wildman–Crippen MR) is 96.2 cm³/mol. The molecular weight excluding hydrogens is 266 g/mol. The number of anilines is 2. The zero-order valence-corrected chi connectivity index (χ0v) is 14.7. The average Bonchev–Trinajstić information content (AvgIpc) is 2.44. The molecule has 1 heterocycles. The lowest BCUT2D eigenvalue weighted by Crippen LogP contribution is -2.31. The van der Waals surface area contributed by atoms with Gasteiger partial charge in [0, 0.05) is 23.8 Å². The van der Waals surface area contributed by atoms with Gasteiger partial charge in [-0.3, -0.25) is 0 Å². The third kappa shape index (κ3) is 2.43. The van der Waals surface area contributed by atoms with Crippen LogP contribution >= 0.6 is 0 Å². The molecule has 1 aliphatic rings. The van der Waals surface area contributed by atoms with Crippen molar-refractivity contribution < 1.29 is 0 Å². The van der Waals surface area contributed by atoms with E-state index in [1.807, 2.05) is 0 Å². The van der Waals surface area contributed by atoms with Gasteiger partial charge in [-0.15, -0.1) is 0 Å². The molecule has 0 N–H and O–H groups in total. The summed E-state index contributed by atoms with van der Waals surface area (Å²) in [5.41, 5.74) is 7.31. The largest absolute Gasteiger partial charge is 0.344 e. The second kappa shape index (κ2) is 4.87. The molecule has 3 rings (SSSR count). The van der Waals surface area contributed by atoms with Crippen LogP contribution < -0.4 is 4.90 Å². The normalized spacial score (nSPS) is 16.2. The van der Waals surface area contributed by atoms with E-state index in [-0.39, 0.29) is 5.41 Å². The summed E-state index contributed by atoms with van der Waals surface area (Å²) in [6.45, 7) is 11.6. The minimum atomic E-state index is 0.0479. The highest BCUT2D eigenvalue weighted by Crippen LogP contribution is 2.48. The van der Waals surface area contributed by atoms with Crippen molar-refractivity contribution in [1.29, 1.82) is 0 Å². The van der Waals surface area contributed by atoms with Crippen molar-refractivity contribution >= 4 is 11.4 Å². The predicted octanol–water partition coefficient (Wildman–Crippen LogP) is 5.68. The van der Waals surface area contributed by atoms with Gasteiger partial charge in [0.1, 0.15) is 0 Å². The highest BCUT2D eigenvalue weighted by molar-refractivity contribution is 5.77. The summed E-state index contributed by atoms with van der Waals surface area (Å²) < 4.78 is 0. The summed E-state index contributed by atoms with van der Waals surface area (Å²) in [5.74, 6) is 0. The van der Waals surface area contributed by atoms with Crippen LogP contribution in [0.2, 0.25) is 0 Å². The van der Waals surface area contributed by atoms with Crippen molar-refractivity contribution in [3.8, 4) is 0 Å². The monoisotopic (exact) mass is 293 g/mol. The topological polar surface area (TPSA) is 3.24 Å². The molecule has 0 saturated heterocycles. The van der Waals surface area contributed by atoms with Gasteiger partial charge in [-0.2, -0.15) is 0 Å². The first kappa shape index (κ1) is 15.1. The van der Waals surface area contributed by atoms with Gasteiger partial charge in [-0.05, 0) is 40.7 Å². The summed E-state index contributed by atoms with van der Waals surface area (Å²) in [7, 11) is 2.18. The molecule has 116 valence electrons. The SMILES string of the molecule is CN1c2ccccc2C(C)(C)c2cc(CC(C)(C)C)ccc21. The van der Waals surface area contributed by atoms with E-state index in [0.717, 1.165) is 6.42 Å². The molecule has 0 amide bonds. The number of hydrogen-bond donors (Lipinski definition) is 0. The van der Waals surface area contributed by atoms with Crippen molar-refractivity contribution in [2.24, 2.45) is 5.41 Å². The fourth-order valence-electron chi connectivity index (χ4n) is 3.67. The summed E-state index contributed by atoms with van der Waals surface area (Å²) in [6, 6.07) is 15.8. The maximum Gasteiger partial charge on any atom is 0.0449 e. The molecule has 0 spiro atoms. The van der Waals surface area contributed by atoms with Crippen LogP contribution in [0.3, 0.4) is 0 Å². The van der Waals surface area contributed by atoms with Crippen LogP contribution in [0.5, 0.6) is 0 Å². The van der Waals surface area contributed by atoms with Crippen LogP contribution in [0.4, 0.5) is 11.4 Å². The third-order valence-corrected chi connectivity index (χ3v) is 4.77. The Morgan fingerprint density at radius 2 is 1.55 bits per heavy atom. The van der Waals surface area contributed by atoms with Crippen molar-refractivity contribution in [1.82, 2.24) is 0 Å². The Labute approximate surface area is 135 Å². The second-order valence-corrected chi connectivity index (χ2v) is 8.29. The van der Waals surface area contributed by atoms with E-state index in [2.05, 4.69) is 89.0 Å². The molecule has 0 aromatic heterocycles. The Balaban J connectivity index is 2.14. The number of nitrogens with zero attached hydrogens (tertiary/aromatic N) is 1. The molecule has 0 fully saturated rings. The Bertz CT molecular complexity index is 704. The van der Waals surface area contributed by atoms with Gasteiger partial charge < -0.3 is 4.90 Å². The molecule has 0 bridgehead atoms. The lowest BCUT2D eigenvalue weighted by atomic mass is 9.73. The number of para-hydroxylation sites is 1. The van der Waals surface area contributed by atoms with Gasteiger partial charge in [0.15, 0.2) is 0 Å². The zero-order chi connectivity index (χ0) is 16.1. The van der Waals surface area contributed by atoms with Crippen molar-refractivity contribution in [2.75, 3.05) is 11.9 Å². The summed E-state index contributed by atoms with van der Waals surface area (Å²) in [5, 5.41) is 0. The number of hydrogen-bond acceptors (Lipinski definition) is 1. The lowest BCUT2D eigenvalue weighted by molar-refractivity contribution is 0.411. The highest BCUT2D eigenvalue weighted by atomic mass is 15.1. The summed E-state index contributed by atoms with van der Waals surface area (Å²) >= 11 is 0. The maximum atomic E-state index is 2.42. The van der Waals surface area contributed by atoms with Crippen LogP contribution in [-0.4, -0.2) is 7.05 Å². The molecule has 22 heavy (non-hydrogen) atoms. The maximum absolute atomic E-state index is 2.42. The minimum Gasteiger partial charge on any atom is -0.344 e. The quantitative estimate of drug-likeness (QED) is 0.653. The Morgan fingerprint density at radius 1 is 0.909 bits per heavy atom. The third-order valence-electron chi connectivity index (χ3n) is 4.77. The molecular formula is C21H27N. The van der Waals surface area contributed by atoms with E-state index in [9.17, 15) is 0 Å². The van der Waals surface area contributed by atoms with Crippen LogP contribution in [0, 0.1) is 5.41 Å². The number of benzene rings is 2. The van der Waals surface area contributed by atoms with Crippen LogP contribution in [-0.2, 0) is 11.8 Å². The summed E-state index contributed by atoms with van der Waals surface area (Å²) in [6.07, 6.45) is 1.11. The number of fused-ring (bicyclic) bond motifs is 2. The van der Waals surface area contributed by atoms with Crippen LogP contribution in [0.25, 0.3) is 0 Å². The number of rotatable bonds is 1. The highest BCUT2D eigenvalue weighted by Gasteiger charge is 2.34. The van der Waals surface area contributed by atoms with Gasteiger partial charge in [-0.25, -0.2) is 0 Å². The van der Waals surface area contributed by atoms with Gasteiger partial charge in [0.25, 0.3) is 0 Å². The van der Waals surface area contributed by atoms with Crippen molar-refractivity contribution in [2.45, 2.75) is 46.5 Å². The smallest absolute Gasteiger partial charge is 0.0449 e. The van der Waals surface area contributed by atoms with Crippen LogP contribution in [0.15, 0.2) is 42.5 Å². The van der Waals surface area contributed by atoms with E-state index in [1.165, 1.54) is 28.1 Å². The fraction of sp³-hybridized carbons (Fsp3) is 0.429. The van der Waals surface area contributed by atoms with Gasteiger partial charge in [0.05, 0.1) is 0 Å². The van der Waals surface area contributed by atoms with E-state index < -0.39 is 0 Å². The molecule has 0 saturated carbocycles. The standard InChI is InChI=1S/C21H27N/c1-20(2,3)14-15-11-12-19-17(13-15)21(4,5)16-9-7-8-10-18(16)22(19)6/h7-13H,14H2,1-6H3. The van der Waals surface area contributed by atoms with Gasteiger partial charge >= 0.3 is 0 Å². The minimum absolute atomic E-state index is 0.0479. The van der Waals surface area contributed by atoms with E-state index >= 15 is 0 Å². The first-order chi connectivity index (χ1) is 10.2. The second-order valence-electron chi connectivity index (χ2n) is 8.29. The first-order valence-corrected chi connectivity index (χ1v) is 8.17. The van der Waals surface area contributed by atoms with E-state index in [0.29, 0.717) is 5.41 Å². The molecule has 0 atom stereocenters. The molecule has 0 unspecified atom stereocenters.